The van der Waals surface area contributed by atoms with E-state index in [4.69, 9.17) is 14.5 Å². The third-order valence-electron chi connectivity index (χ3n) is 8.56. The van der Waals surface area contributed by atoms with Gasteiger partial charge in [0.25, 0.3) is 5.91 Å². The number of anilines is 1. The van der Waals surface area contributed by atoms with Gasteiger partial charge in [-0.15, -0.1) is 11.3 Å². The second kappa shape index (κ2) is 11.2. The molecule has 3 fully saturated rings. The van der Waals surface area contributed by atoms with Crippen LogP contribution in [0.25, 0.3) is 11.3 Å². The van der Waals surface area contributed by atoms with Crippen molar-refractivity contribution in [2.75, 3.05) is 44.3 Å². The summed E-state index contributed by atoms with van der Waals surface area (Å²) in [4.78, 5) is 33.7. The highest BCUT2D eigenvalue weighted by atomic mass is 32.1. The van der Waals surface area contributed by atoms with Gasteiger partial charge in [-0.3, -0.25) is 9.59 Å². The Morgan fingerprint density at radius 3 is 2.52 bits per heavy atom. The van der Waals surface area contributed by atoms with Gasteiger partial charge in [-0.2, -0.15) is 0 Å². The summed E-state index contributed by atoms with van der Waals surface area (Å²) in [6, 6.07) is 11.9. The van der Waals surface area contributed by atoms with Crippen LogP contribution in [0.1, 0.15) is 39.9 Å². The topological polar surface area (TPSA) is 92.2 Å². The number of aliphatic carboxylic acids is 1. The molecule has 8 nitrogen and oxygen atoms in total. The summed E-state index contributed by atoms with van der Waals surface area (Å²) in [5.41, 5.74) is 5.68. The van der Waals surface area contributed by atoms with Gasteiger partial charge >= 0.3 is 5.97 Å². The Morgan fingerprint density at radius 1 is 1.07 bits per heavy atom. The molecule has 2 bridgehead atoms. The number of aromatic nitrogens is 1. The molecule has 3 heterocycles. The second-order valence-corrected chi connectivity index (χ2v) is 12.1. The van der Waals surface area contributed by atoms with Gasteiger partial charge in [0, 0.05) is 42.7 Å². The van der Waals surface area contributed by atoms with Crippen LogP contribution in [0.5, 0.6) is 5.75 Å². The summed E-state index contributed by atoms with van der Waals surface area (Å²) >= 11 is 1.61. The molecular weight excluding hydrogens is 526 g/mol. The predicted octanol–water partition coefficient (Wildman–Crippen LogP) is 5.03. The molecule has 6 rings (SSSR count). The summed E-state index contributed by atoms with van der Waals surface area (Å²) in [5, 5.41) is 12.7. The SMILES string of the molecule is Cc1ccc(OCc2ccc(C(=O)N3CCOCC3)cc2C)c(-c2csc(N3CC4CC[C@@H](C3)[C@H]4C(=O)O)n2)c1. The van der Waals surface area contributed by atoms with Gasteiger partial charge in [0.1, 0.15) is 12.4 Å². The lowest BCUT2D eigenvalue weighted by atomic mass is 9.85. The number of nitrogens with zero attached hydrogens (tertiary/aromatic N) is 3. The molecule has 3 atom stereocenters. The number of carbonyl (C=O) groups is 2. The highest BCUT2D eigenvalue weighted by Gasteiger charge is 2.46. The number of rotatable bonds is 7. The van der Waals surface area contributed by atoms with Crippen molar-refractivity contribution in [1.29, 1.82) is 0 Å². The molecule has 2 aromatic carbocycles. The van der Waals surface area contributed by atoms with Gasteiger partial charge in [-0.25, -0.2) is 4.98 Å². The average Bonchev–Trinajstić information content (AvgIpc) is 3.55. The minimum Gasteiger partial charge on any atom is -0.488 e. The summed E-state index contributed by atoms with van der Waals surface area (Å²) in [6.07, 6.45) is 1.96. The molecule has 0 radical (unpaired) electrons. The van der Waals surface area contributed by atoms with Gasteiger partial charge < -0.3 is 24.4 Å². The smallest absolute Gasteiger partial charge is 0.307 e. The van der Waals surface area contributed by atoms with Crippen LogP contribution in [0, 0.1) is 31.6 Å². The molecule has 1 saturated carbocycles. The van der Waals surface area contributed by atoms with Crippen LogP contribution in [-0.2, 0) is 16.1 Å². The van der Waals surface area contributed by atoms with E-state index < -0.39 is 5.97 Å². The highest BCUT2D eigenvalue weighted by molar-refractivity contribution is 7.14. The van der Waals surface area contributed by atoms with Crippen LogP contribution in [-0.4, -0.2) is 66.3 Å². The fraction of sp³-hybridized carbons (Fsp3) is 0.452. The minimum absolute atomic E-state index is 0.0409. The Bertz CT molecular complexity index is 1400. The zero-order valence-corrected chi connectivity index (χ0v) is 23.8. The number of carbonyl (C=O) groups excluding carboxylic acids is 1. The van der Waals surface area contributed by atoms with Crippen molar-refractivity contribution in [2.24, 2.45) is 17.8 Å². The Hall–Kier alpha value is -3.43. The standard InChI is InChI=1S/C31H35N3O5S/c1-19-3-8-27(39-17-24-7-4-21(14-20(24)2)29(35)33-9-11-38-12-10-33)25(13-19)26-18-40-31(32-26)34-15-22-5-6-23(16-34)28(22)30(36)37/h3-4,7-8,13-14,18,22-23,28H,5-6,9-12,15-17H2,1-2H3,(H,36,37)/t22-,23?,28+/m0/s1. The first-order valence-electron chi connectivity index (χ1n) is 14.0. The molecule has 1 unspecified atom stereocenters. The fourth-order valence-electron chi connectivity index (χ4n) is 6.38. The summed E-state index contributed by atoms with van der Waals surface area (Å²) < 4.78 is 11.7. The number of benzene rings is 2. The summed E-state index contributed by atoms with van der Waals surface area (Å²) in [5.74, 6) is 0.323. The van der Waals surface area contributed by atoms with E-state index in [0.717, 1.165) is 64.8 Å². The molecule has 3 aliphatic rings. The van der Waals surface area contributed by atoms with Gasteiger partial charge in [-0.05, 0) is 73.9 Å². The number of carboxylic acid groups (broad SMARTS) is 1. The molecule has 2 aliphatic heterocycles. The van der Waals surface area contributed by atoms with Crippen molar-refractivity contribution in [1.82, 2.24) is 9.88 Å². The molecule has 40 heavy (non-hydrogen) atoms. The molecule has 0 spiro atoms. The molecule has 3 aromatic rings. The highest BCUT2D eigenvalue weighted by Crippen LogP contribution is 2.44. The maximum absolute atomic E-state index is 12.9. The van der Waals surface area contributed by atoms with Crippen LogP contribution >= 0.6 is 11.3 Å². The van der Waals surface area contributed by atoms with E-state index >= 15 is 0 Å². The lowest BCUT2D eigenvalue weighted by Crippen LogP contribution is -2.44. The Kier molecular flexibility index (Phi) is 7.51. The first-order valence-corrected chi connectivity index (χ1v) is 14.9. The molecule has 1 amide bonds. The second-order valence-electron chi connectivity index (χ2n) is 11.2. The first kappa shape index (κ1) is 26.8. The number of fused-ring (bicyclic) bond motifs is 2. The number of hydrogen-bond donors (Lipinski definition) is 1. The monoisotopic (exact) mass is 561 g/mol. The van der Waals surface area contributed by atoms with Gasteiger partial charge in [0.2, 0.25) is 0 Å². The van der Waals surface area contributed by atoms with E-state index in [2.05, 4.69) is 23.3 Å². The molecule has 1 aliphatic carbocycles. The Balaban J connectivity index is 1.16. The summed E-state index contributed by atoms with van der Waals surface area (Å²) in [7, 11) is 0. The van der Waals surface area contributed by atoms with Crippen LogP contribution in [0.2, 0.25) is 0 Å². The van der Waals surface area contributed by atoms with E-state index in [1.165, 1.54) is 0 Å². The van der Waals surface area contributed by atoms with Crippen molar-refractivity contribution < 1.29 is 24.2 Å². The molecule has 1 aromatic heterocycles. The van der Waals surface area contributed by atoms with Crippen molar-refractivity contribution in [3.8, 4) is 17.0 Å². The maximum atomic E-state index is 12.9. The predicted molar refractivity (Wildman–Crippen MR) is 154 cm³/mol. The molecule has 9 heteroatoms. The lowest BCUT2D eigenvalue weighted by Gasteiger charge is -2.35. The van der Waals surface area contributed by atoms with Gasteiger partial charge in [-0.1, -0.05) is 17.7 Å². The first-order chi connectivity index (χ1) is 19.4. The number of hydrogen-bond acceptors (Lipinski definition) is 7. The third kappa shape index (κ3) is 5.32. The number of piperidine rings is 1. The molecular formula is C31H35N3O5S. The zero-order valence-electron chi connectivity index (χ0n) is 23.0. The number of thiazole rings is 1. The van der Waals surface area contributed by atoms with E-state index in [1.54, 1.807) is 11.3 Å². The number of aryl methyl sites for hydroxylation is 2. The fourth-order valence-corrected chi connectivity index (χ4v) is 7.23. The quantitative estimate of drug-likeness (QED) is 0.433. The average molecular weight is 562 g/mol. The normalized spacial score (nSPS) is 22.4. The van der Waals surface area contributed by atoms with E-state index in [1.807, 2.05) is 42.2 Å². The van der Waals surface area contributed by atoms with E-state index in [0.29, 0.717) is 38.5 Å². The number of ether oxygens (including phenoxy) is 2. The van der Waals surface area contributed by atoms with Crippen molar-refractivity contribution in [3.63, 3.8) is 0 Å². The number of amides is 1. The maximum Gasteiger partial charge on any atom is 0.307 e. The van der Waals surface area contributed by atoms with E-state index in [-0.39, 0.29) is 23.7 Å². The molecule has 1 N–H and O–H groups in total. The summed E-state index contributed by atoms with van der Waals surface area (Å²) in [6.45, 7) is 8.37. The Labute approximate surface area is 238 Å². The molecule has 210 valence electrons. The number of morpholine rings is 1. The van der Waals surface area contributed by atoms with Gasteiger partial charge in [0.05, 0.1) is 24.8 Å². The lowest BCUT2D eigenvalue weighted by molar-refractivity contribution is -0.144. The minimum atomic E-state index is -0.651. The number of carboxylic acids is 1. The zero-order chi connectivity index (χ0) is 27.8. The van der Waals surface area contributed by atoms with Crippen LogP contribution < -0.4 is 9.64 Å². The van der Waals surface area contributed by atoms with Crippen molar-refractivity contribution in [3.05, 3.63) is 64.0 Å². The van der Waals surface area contributed by atoms with Crippen molar-refractivity contribution in [2.45, 2.75) is 33.3 Å². The van der Waals surface area contributed by atoms with Gasteiger partial charge in [0.15, 0.2) is 5.13 Å². The van der Waals surface area contributed by atoms with Crippen LogP contribution in [0.15, 0.2) is 41.8 Å². The van der Waals surface area contributed by atoms with Crippen LogP contribution in [0.3, 0.4) is 0 Å². The molecule has 2 saturated heterocycles. The van der Waals surface area contributed by atoms with E-state index in [9.17, 15) is 14.7 Å². The third-order valence-corrected chi connectivity index (χ3v) is 9.46. The van der Waals surface area contributed by atoms with Crippen LogP contribution in [0.4, 0.5) is 5.13 Å². The largest absolute Gasteiger partial charge is 0.488 e. The Morgan fingerprint density at radius 2 is 1.82 bits per heavy atom. The van der Waals surface area contributed by atoms with Crippen molar-refractivity contribution >= 4 is 28.3 Å².